The number of anilines is 1. The summed E-state index contributed by atoms with van der Waals surface area (Å²) < 4.78 is 0. The average Bonchev–Trinajstić information content (AvgIpc) is 2.47. The molecule has 1 atom stereocenters. The van der Waals surface area contributed by atoms with Crippen molar-refractivity contribution in [1.29, 1.82) is 0 Å². The van der Waals surface area contributed by atoms with Crippen LogP contribution in [0.1, 0.15) is 5.56 Å². The maximum Gasteiger partial charge on any atom is 0.0655 e. The molecule has 1 heterocycles. The van der Waals surface area contributed by atoms with Crippen molar-refractivity contribution in [2.75, 3.05) is 11.9 Å². The fourth-order valence-electron chi connectivity index (χ4n) is 1.61. The summed E-state index contributed by atoms with van der Waals surface area (Å²) >= 11 is 11.9. The summed E-state index contributed by atoms with van der Waals surface area (Å²) in [5.74, 6) is 0. The lowest BCUT2D eigenvalue weighted by atomic mass is 10.1. The van der Waals surface area contributed by atoms with Crippen LogP contribution in [0.2, 0.25) is 10.0 Å². The summed E-state index contributed by atoms with van der Waals surface area (Å²) in [4.78, 5) is 0. The molecule has 0 amide bonds. The lowest BCUT2D eigenvalue weighted by Crippen LogP contribution is -2.25. The molecule has 4 heteroatoms. The number of fused-ring (bicyclic) bond motifs is 1. The lowest BCUT2D eigenvalue weighted by molar-refractivity contribution is 0.760. The summed E-state index contributed by atoms with van der Waals surface area (Å²) in [7, 11) is 0. The first-order valence-corrected chi connectivity index (χ1v) is 4.91. The largest absolute Gasteiger partial charge is 0.379 e. The second-order valence-electron chi connectivity index (χ2n) is 3.20. The van der Waals surface area contributed by atoms with Crippen molar-refractivity contribution in [2.24, 2.45) is 5.73 Å². The van der Waals surface area contributed by atoms with Crippen LogP contribution in [0.3, 0.4) is 0 Å². The molecule has 0 saturated heterocycles. The van der Waals surface area contributed by atoms with Crippen LogP contribution in [-0.2, 0) is 6.42 Å². The van der Waals surface area contributed by atoms with Gasteiger partial charge in [-0.1, -0.05) is 23.2 Å². The third kappa shape index (κ3) is 1.62. The highest BCUT2D eigenvalue weighted by atomic mass is 35.5. The first-order valence-electron chi connectivity index (χ1n) is 4.15. The zero-order valence-electron chi connectivity index (χ0n) is 6.98. The molecule has 0 radical (unpaired) electrons. The van der Waals surface area contributed by atoms with Crippen molar-refractivity contribution in [2.45, 2.75) is 12.5 Å². The van der Waals surface area contributed by atoms with E-state index in [4.69, 9.17) is 28.9 Å². The molecule has 0 bridgehead atoms. The summed E-state index contributed by atoms with van der Waals surface area (Å²) in [5.41, 5.74) is 7.71. The Balaban J connectivity index is 2.40. The lowest BCUT2D eigenvalue weighted by Gasteiger charge is -2.07. The van der Waals surface area contributed by atoms with Gasteiger partial charge in [-0.3, -0.25) is 0 Å². The quantitative estimate of drug-likeness (QED) is 0.757. The van der Waals surface area contributed by atoms with Crippen LogP contribution in [0, 0.1) is 0 Å². The van der Waals surface area contributed by atoms with E-state index >= 15 is 0 Å². The van der Waals surface area contributed by atoms with Crippen LogP contribution in [0.5, 0.6) is 0 Å². The Morgan fingerprint density at radius 3 is 2.92 bits per heavy atom. The Hall–Kier alpha value is -0.440. The number of rotatable bonds is 1. The molecule has 3 N–H and O–H groups in total. The van der Waals surface area contributed by atoms with E-state index in [2.05, 4.69) is 5.32 Å². The Morgan fingerprint density at radius 2 is 2.23 bits per heavy atom. The highest BCUT2D eigenvalue weighted by Gasteiger charge is 2.21. The smallest absolute Gasteiger partial charge is 0.0655 e. The average molecular weight is 217 g/mol. The van der Waals surface area contributed by atoms with E-state index in [9.17, 15) is 0 Å². The van der Waals surface area contributed by atoms with Crippen molar-refractivity contribution in [1.82, 2.24) is 0 Å². The van der Waals surface area contributed by atoms with Crippen molar-refractivity contribution in [3.05, 3.63) is 27.7 Å². The number of nitrogens with one attached hydrogen (secondary N) is 1. The van der Waals surface area contributed by atoms with E-state index in [1.54, 1.807) is 6.07 Å². The molecule has 70 valence electrons. The maximum absolute atomic E-state index is 6.01. The summed E-state index contributed by atoms with van der Waals surface area (Å²) in [6.07, 6.45) is 0.909. The van der Waals surface area contributed by atoms with Gasteiger partial charge < -0.3 is 11.1 Å². The van der Waals surface area contributed by atoms with Gasteiger partial charge in [0.25, 0.3) is 0 Å². The fraction of sp³-hybridized carbons (Fsp3) is 0.333. The maximum atomic E-state index is 6.01. The van der Waals surface area contributed by atoms with E-state index in [0.29, 0.717) is 22.6 Å². The fourth-order valence-corrected chi connectivity index (χ4v) is 2.20. The number of halogens is 2. The molecule has 13 heavy (non-hydrogen) atoms. The minimum atomic E-state index is 0.297. The molecule has 0 fully saturated rings. The molecule has 2 rings (SSSR count). The van der Waals surface area contributed by atoms with Gasteiger partial charge in [-0.2, -0.15) is 0 Å². The highest BCUT2D eigenvalue weighted by molar-refractivity contribution is 6.36. The van der Waals surface area contributed by atoms with Gasteiger partial charge in [0.05, 0.1) is 10.7 Å². The standard InChI is InChI=1S/C9H10Cl2N2/c10-6-1-5-2-7(4-12)13-9(5)8(11)3-6/h1,3,7,13H,2,4,12H2. The van der Waals surface area contributed by atoms with E-state index in [1.807, 2.05) is 6.07 Å². The Kier molecular flexibility index (Phi) is 2.37. The predicted molar refractivity (Wildman–Crippen MR) is 56.6 cm³/mol. The SMILES string of the molecule is NCC1Cc2cc(Cl)cc(Cl)c2N1. The second-order valence-corrected chi connectivity index (χ2v) is 4.05. The van der Waals surface area contributed by atoms with Gasteiger partial charge in [0.1, 0.15) is 0 Å². The van der Waals surface area contributed by atoms with Crippen molar-refractivity contribution < 1.29 is 0 Å². The summed E-state index contributed by atoms with van der Waals surface area (Å²) in [5, 5.41) is 4.63. The molecular weight excluding hydrogens is 207 g/mol. The van der Waals surface area contributed by atoms with Gasteiger partial charge in [0.15, 0.2) is 0 Å². The van der Waals surface area contributed by atoms with E-state index < -0.39 is 0 Å². The van der Waals surface area contributed by atoms with Crippen LogP contribution >= 0.6 is 23.2 Å². The number of hydrogen-bond acceptors (Lipinski definition) is 2. The molecule has 1 aromatic carbocycles. The zero-order valence-corrected chi connectivity index (χ0v) is 8.49. The van der Waals surface area contributed by atoms with Gasteiger partial charge in [-0.05, 0) is 24.1 Å². The Morgan fingerprint density at radius 1 is 1.46 bits per heavy atom. The van der Waals surface area contributed by atoms with E-state index in [0.717, 1.165) is 17.7 Å². The molecule has 0 aliphatic carbocycles. The molecular formula is C9H10Cl2N2. The van der Waals surface area contributed by atoms with Crippen LogP contribution in [0.4, 0.5) is 5.69 Å². The van der Waals surface area contributed by atoms with Crippen LogP contribution < -0.4 is 11.1 Å². The summed E-state index contributed by atoms with van der Waals surface area (Å²) in [6.45, 7) is 0.614. The van der Waals surface area contributed by atoms with E-state index in [1.165, 1.54) is 0 Å². The minimum Gasteiger partial charge on any atom is -0.379 e. The van der Waals surface area contributed by atoms with Gasteiger partial charge in [-0.25, -0.2) is 0 Å². The molecule has 1 aliphatic rings. The van der Waals surface area contributed by atoms with Crippen LogP contribution in [0.25, 0.3) is 0 Å². The normalized spacial score (nSPS) is 19.8. The molecule has 0 saturated carbocycles. The van der Waals surface area contributed by atoms with Crippen molar-refractivity contribution in [3.8, 4) is 0 Å². The van der Waals surface area contributed by atoms with E-state index in [-0.39, 0.29) is 0 Å². The first kappa shape index (κ1) is 9.13. The highest BCUT2D eigenvalue weighted by Crippen LogP contribution is 2.35. The van der Waals surface area contributed by atoms with Crippen LogP contribution in [-0.4, -0.2) is 12.6 Å². The molecule has 0 aromatic heterocycles. The van der Waals surface area contributed by atoms with Gasteiger partial charge in [-0.15, -0.1) is 0 Å². The van der Waals surface area contributed by atoms with Gasteiger partial charge >= 0.3 is 0 Å². The third-order valence-corrected chi connectivity index (χ3v) is 2.75. The van der Waals surface area contributed by atoms with Gasteiger partial charge in [0.2, 0.25) is 0 Å². The topological polar surface area (TPSA) is 38.0 Å². The minimum absolute atomic E-state index is 0.297. The molecule has 2 nitrogen and oxygen atoms in total. The van der Waals surface area contributed by atoms with Gasteiger partial charge in [0, 0.05) is 17.6 Å². The summed E-state index contributed by atoms with van der Waals surface area (Å²) in [6, 6.07) is 3.98. The predicted octanol–water partition coefficient (Wildman–Crippen LogP) is 2.29. The second kappa shape index (κ2) is 3.37. The number of hydrogen-bond donors (Lipinski definition) is 2. The number of benzene rings is 1. The third-order valence-electron chi connectivity index (χ3n) is 2.24. The molecule has 1 aliphatic heterocycles. The Labute approximate surface area is 87.0 Å². The molecule has 0 spiro atoms. The van der Waals surface area contributed by atoms with Crippen molar-refractivity contribution in [3.63, 3.8) is 0 Å². The zero-order chi connectivity index (χ0) is 9.42. The molecule has 1 unspecified atom stereocenters. The monoisotopic (exact) mass is 216 g/mol. The molecule has 1 aromatic rings. The van der Waals surface area contributed by atoms with Crippen molar-refractivity contribution >= 4 is 28.9 Å². The Bertz CT molecular complexity index is 339. The number of nitrogens with two attached hydrogens (primary N) is 1. The van der Waals surface area contributed by atoms with Crippen LogP contribution in [0.15, 0.2) is 12.1 Å². The first-order chi connectivity index (χ1) is 6.20.